The minimum absolute atomic E-state index is 0.0533. The molecular formula is C20H33N3O3S. The van der Waals surface area contributed by atoms with Crippen LogP contribution in [0.5, 0.6) is 0 Å². The van der Waals surface area contributed by atoms with Gasteiger partial charge in [-0.15, -0.1) is 0 Å². The van der Waals surface area contributed by atoms with E-state index in [4.69, 9.17) is 0 Å². The maximum Gasteiger partial charge on any atom is 0.243 e. The Kier molecular flexibility index (Phi) is 7.68. The van der Waals surface area contributed by atoms with Gasteiger partial charge in [-0.2, -0.15) is 4.31 Å². The second-order valence-corrected chi connectivity index (χ2v) is 9.27. The lowest BCUT2D eigenvalue weighted by Gasteiger charge is -2.29. The van der Waals surface area contributed by atoms with Crippen LogP contribution in [0.4, 0.5) is 5.69 Å². The van der Waals surface area contributed by atoms with E-state index in [1.54, 1.807) is 19.1 Å². The number of carbonyl (C=O) groups is 1. The van der Waals surface area contributed by atoms with Crippen LogP contribution < -0.4 is 10.6 Å². The Morgan fingerprint density at radius 2 is 1.85 bits per heavy atom. The van der Waals surface area contributed by atoms with Crippen LogP contribution in [0.25, 0.3) is 0 Å². The number of amides is 1. The summed E-state index contributed by atoms with van der Waals surface area (Å²) in [7, 11) is -3.53. The molecule has 1 fully saturated rings. The predicted molar refractivity (Wildman–Crippen MR) is 109 cm³/mol. The molecule has 0 radical (unpaired) electrons. The molecule has 1 saturated carbocycles. The molecule has 152 valence electrons. The fourth-order valence-electron chi connectivity index (χ4n) is 3.66. The topological polar surface area (TPSA) is 78.5 Å². The molecule has 0 aromatic heterocycles. The second-order valence-electron chi connectivity index (χ2n) is 7.36. The van der Waals surface area contributed by atoms with Gasteiger partial charge in [0.2, 0.25) is 15.9 Å². The van der Waals surface area contributed by atoms with E-state index in [0.717, 1.165) is 19.3 Å². The van der Waals surface area contributed by atoms with Crippen molar-refractivity contribution in [2.75, 3.05) is 25.0 Å². The summed E-state index contributed by atoms with van der Waals surface area (Å²) in [5, 5.41) is 6.17. The molecule has 1 aromatic carbocycles. The summed E-state index contributed by atoms with van der Waals surface area (Å²) in [6.07, 6.45) is 4.58. The van der Waals surface area contributed by atoms with Gasteiger partial charge >= 0.3 is 0 Å². The number of anilines is 1. The Morgan fingerprint density at radius 1 is 1.19 bits per heavy atom. The number of nitrogens with one attached hydrogen (secondary N) is 2. The summed E-state index contributed by atoms with van der Waals surface area (Å²) in [6, 6.07) is 5.46. The lowest BCUT2D eigenvalue weighted by molar-refractivity contribution is -0.120. The number of benzene rings is 1. The molecule has 6 nitrogen and oxygen atoms in total. The van der Waals surface area contributed by atoms with E-state index < -0.39 is 10.0 Å². The normalized spacial score (nSPS) is 20.5. The van der Waals surface area contributed by atoms with Crippen molar-refractivity contribution >= 4 is 21.6 Å². The van der Waals surface area contributed by atoms with Crippen LogP contribution in [0.2, 0.25) is 0 Å². The third kappa shape index (κ3) is 5.45. The molecule has 1 aromatic rings. The number of carbonyl (C=O) groups excluding carboxylic acids is 1. The van der Waals surface area contributed by atoms with Crippen LogP contribution in [0.3, 0.4) is 0 Å². The number of hydrogen-bond donors (Lipinski definition) is 2. The smallest absolute Gasteiger partial charge is 0.243 e. The summed E-state index contributed by atoms with van der Waals surface area (Å²) >= 11 is 0. The van der Waals surface area contributed by atoms with Crippen LogP contribution in [-0.2, 0) is 14.8 Å². The summed E-state index contributed by atoms with van der Waals surface area (Å²) in [6.45, 7) is 8.62. The summed E-state index contributed by atoms with van der Waals surface area (Å²) in [5.41, 5.74) is 1.34. The molecule has 1 aliphatic carbocycles. The Balaban J connectivity index is 2.04. The first-order valence-corrected chi connectivity index (χ1v) is 11.4. The third-order valence-corrected chi connectivity index (χ3v) is 7.61. The fourth-order valence-corrected chi connectivity index (χ4v) is 5.37. The standard InChI is InChI=1S/C20H33N3O3S/c1-5-23(6-2)27(25,26)19-13-17(12-11-16(19)4)21-14-20(24)22-18-10-8-7-9-15(18)3/h11-13,15,18,21H,5-10,14H2,1-4H3,(H,22,24). The average Bonchev–Trinajstić information content (AvgIpc) is 2.63. The zero-order chi connectivity index (χ0) is 20.0. The summed E-state index contributed by atoms with van der Waals surface area (Å²) < 4.78 is 27.1. The van der Waals surface area contributed by atoms with Crippen molar-refractivity contribution in [3.63, 3.8) is 0 Å². The second kappa shape index (κ2) is 9.55. The monoisotopic (exact) mass is 395 g/mol. The molecule has 0 bridgehead atoms. The number of sulfonamides is 1. The van der Waals surface area contributed by atoms with Gasteiger partial charge in [0.15, 0.2) is 0 Å². The minimum Gasteiger partial charge on any atom is -0.376 e. The highest BCUT2D eigenvalue weighted by atomic mass is 32.2. The molecule has 0 saturated heterocycles. The first-order chi connectivity index (χ1) is 12.8. The molecule has 0 aliphatic heterocycles. The van der Waals surface area contributed by atoms with Crippen molar-refractivity contribution in [2.24, 2.45) is 5.92 Å². The summed E-state index contributed by atoms with van der Waals surface area (Å²) in [5.74, 6) is 0.454. The van der Waals surface area contributed by atoms with Crippen LogP contribution in [0.1, 0.15) is 52.0 Å². The molecule has 27 heavy (non-hydrogen) atoms. The van der Waals surface area contributed by atoms with E-state index in [1.807, 2.05) is 19.9 Å². The largest absolute Gasteiger partial charge is 0.376 e. The zero-order valence-corrected chi connectivity index (χ0v) is 17.7. The Labute approximate surface area is 163 Å². The first-order valence-electron chi connectivity index (χ1n) is 9.93. The molecular weight excluding hydrogens is 362 g/mol. The molecule has 0 heterocycles. The number of hydrogen-bond acceptors (Lipinski definition) is 4. The predicted octanol–water partition coefficient (Wildman–Crippen LogP) is 3.13. The van der Waals surface area contributed by atoms with Crippen molar-refractivity contribution in [1.82, 2.24) is 9.62 Å². The maximum absolute atomic E-state index is 12.8. The highest BCUT2D eigenvalue weighted by Gasteiger charge is 2.24. The van der Waals surface area contributed by atoms with Crippen molar-refractivity contribution < 1.29 is 13.2 Å². The van der Waals surface area contributed by atoms with Crippen molar-refractivity contribution in [2.45, 2.75) is 64.3 Å². The van der Waals surface area contributed by atoms with Gasteiger partial charge in [-0.05, 0) is 43.4 Å². The average molecular weight is 396 g/mol. The van der Waals surface area contributed by atoms with Gasteiger partial charge in [0.1, 0.15) is 0 Å². The minimum atomic E-state index is -3.53. The van der Waals surface area contributed by atoms with Gasteiger partial charge in [-0.25, -0.2) is 8.42 Å². The lowest BCUT2D eigenvalue weighted by atomic mass is 9.86. The molecule has 2 unspecified atom stereocenters. The fraction of sp³-hybridized carbons (Fsp3) is 0.650. The van der Waals surface area contributed by atoms with Crippen molar-refractivity contribution in [3.05, 3.63) is 23.8 Å². The van der Waals surface area contributed by atoms with E-state index in [2.05, 4.69) is 17.6 Å². The highest BCUT2D eigenvalue weighted by molar-refractivity contribution is 7.89. The van der Waals surface area contributed by atoms with Crippen LogP contribution in [-0.4, -0.2) is 44.3 Å². The van der Waals surface area contributed by atoms with Crippen LogP contribution in [0, 0.1) is 12.8 Å². The molecule has 7 heteroatoms. The maximum atomic E-state index is 12.8. The first kappa shape index (κ1) is 21.7. The SMILES string of the molecule is CCN(CC)S(=O)(=O)c1cc(NCC(=O)NC2CCCCC2C)ccc1C. The quantitative estimate of drug-likeness (QED) is 0.709. The zero-order valence-electron chi connectivity index (χ0n) is 16.9. The summed E-state index contributed by atoms with van der Waals surface area (Å²) in [4.78, 5) is 12.6. The Hall–Kier alpha value is -1.60. The van der Waals surface area contributed by atoms with E-state index in [-0.39, 0.29) is 23.4 Å². The molecule has 2 atom stereocenters. The number of aryl methyl sites for hydroxylation is 1. The van der Waals surface area contributed by atoms with Crippen LogP contribution >= 0.6 is 0 Å². The van der Waals surface area contributed by atoms with E-state index in [0.29, 0.717) is 30.3 Å². The van der Waals surface area contributed by atoms with Gasteiger partial charge in [-0.1, -0.05) is 39.7 Å². The molecule has 1 aliphatic rings. The van der Waals surface area contributed by atoms with Gasteiger partial charge in [-0.3, -0.25) is 4.79 Å². The Bertz CT molecular complexity index is 745. The van der Waals surface area contributed by atoms with Gasteiger partial charge in [0.25, 0.3) is 0 Å². The van der Waals surface area contributed by atoms with Gasteiger partial charge in [0, 0.05) is 24.8 Å². The van der Waals surface area contributed by atoms with E-state index >= 15 is 0 Å². The molecule has 2 N–H and O–H groups in total. The third-order valence-electron chi connectivity index (χ3n) is 5.42. The number of rotatable bonds is 8. The van der Waals surface area contributed by atoms with Crippen molar-refractivity contribution in [3.8, 4) is 0 Å². The van der Waals surface area contributed by atoms with E-state index in [1.165, 1.54) is 10.7 Å². The molecule has 1 amide bonds. The molecule has 0 spiro atoms. The molecule has 2 rings (SSSR count). The van der Waals surface area contributed by atoms with E-state index in [9.17, 15) is 13.2 Å². The number of nitrogens with zero attached hydrogens (tertiary/aromatic N) is 1. The van der Waals surface area contributed by atoms with Crippen LogP contribution in [0.15, 0.2) is 23.1 Å². The van der Waals surface area contributed by atoms with Gasteiger partial charge in [0.05, 0.1) is 11.4 Å². The van der Waals surface area contributed by atoms with Gasteiger partial charge < -0.3 is 10.6 Å². The Morgan fingerprint density at radius 3 is 2.48 bits per heavy atom. The lowest BCUT2D eigenvalue weighted by Crippen LogP contribution is -2.43. The van der Waals surface area contributed by atoms with Crippen molar-refractivity contribution in [1.29, 1.82) is 0 Å². The highest BCUT2D eigenvalue weighted by Crippen LogP contribution is 2.25.